The van der Waals surface area contributed by atoms with Crippen molar-refractivity contribution < 1.29 is 4.42 Å². The van der Waals surface area contributed by atoms with Gasteiger partial charge < -0.3 is 4.42 Å². The Bertz CT molecular complexity index is 746. The Hall–Kier alpha value is -2.10. The SMILES string of the molecule is Cc1ccc(C(NN)c2coc3ccccc23)cc1C. The van der Waals surface area contributed by atoms with Gasteiger partial charge in [0.15, 0.2) is 0 Å². The maximum absolute atomic E-state index is 5.78. The Morgan fingerprint density at radius 3 is 2.60 bits per heavy atom. The number of furan rings is 1. The minimum Gasteiger partial charge on any atom is -0.464 e. The zero-order chi connectivity index (χ0) is 14.1. The van der Waals surface area contributed by atoms with Gasteiger partial charge in [0.25, 0.3) is 0 Å². The van der Waals surface area contributed by atoms with E-state index in [1.54, 1.807) is 6.26 Å². The maximum Gasteiger partial charge on any atom is 0.134 e. The van der Waals surface area contributed by atoms with Crippen LogP contribution in [-0.2, 0) is 0 Å². The van der Waals surface area contributed by atoms with E-state index in [-0.39, 0.29) is 6.04 Å². The molecule has 0 aliphatic carbocycles. The lowest BCUT2D eigenvalue weighted by Gasteiger charge is -2.16. The molecule has 1 atom stereocenters. The molecule has 20 heavy (non-hydrogen) atoms. The predicted molar refractivity (Wildman–Crippen MR) is 81.3 cm³/mol. The standard InChI is InChI=1S/C17H18N2O/c1-11-7-8-13(9-12(11)2)17(19-18)15-10-20-16-6-4-3-5-14(15)16/h3-10,17,19H,18H2,1-2H3. The summed E-state index contributed by atoms with van der Waals surface area (Å²) >= 11 is 0. The van der Waals surface area contributed by atoms with Crippen LogP contribution in [0.2, 0.25) is 0 Å². The average Bonchev–Trinajstić information content (AvgIpc) is 2.88. The zero-order valence-corrected chi connectivity index (χ0v) is 11.7. The number of hydrogen-bond donors (Lipinski definition) is 2. The molecule has 3 heteroatoms. The van der Waals surface area contributed by atoms with Crippen LogP contribution >= 0.6 is 0 Å². The van der Waals surface area contributed by atoms with Gasteiger partial charge in [-0.2, -0.15) is 0 Å². The molecule has 3 rings (SSSR count). The highest BCUT2D eigenvalue weighted by Crippen LogP contribution is 2.30. The minimum absolute atomic E-state index is 0.0713. The van der Waals surface area contributed by atoms with Gasteiger partial charge in [0.1, 0.15) is 5.58 Å². The monoisotopic (exact) mass is 266 g/mol. The summed E-state index contributed by atoms with van der Waals surface area (Å²) in [6.45, 7) is 4.22. The number of nitrogens with one attached hydrogen (secondary N) is 1. The van der Waals surface area contributed by atoms with Crippen LogP contribution in [0.3, 0.4) is 0 Å². The molecular weight excluding hydrogens is 248 g/mol. The molecule has 0 amide bonds. The van der Waals surface area contributed by atoms with Crippen molar-refractivity contribution in [3.63, 3.8) is 0 Å². The van der Waals surface area contributed by atoms with E-state index in [4.69, 9.17) is 10.3 Å². The van der Waals surface area contributed by atoms with Gasteiger partial charge in [-0.05, 0) is 36.6 Å². The van der Waals surface area contributed by atoms with Gasteiger partial charge in [-0.25, -0.2) is 5.43 Å². The second-order valence-corrected chi connectivity index (χ2v) is 5.13. The first kappa shape index (κ1) is 12.9. The second kappa shape index (κ2) is 5.12. The van der Waals surface area contributed by atoms with Crippen molar-refractivity contribution >= 4 is 11.0 Å². The lowest BCUT2D eigenvalue weighted by atomic mass is 9.96. The van der Waals surface area contributed by atoms with E-state index < -0.39 is 0 Å². The van der Waals surface area contributed by atoms with Crippen molar-refractivity contribution in [3.8, 4) is 0 Å². The average molecular weight is 266 g/mol. The molecule has 3 nitrogen and oxygen atoms in total. The lowest BCUT2D eigenvalue weighted by molar-refractivity contribution is 0.586. The number of aryl methyl sites for hydroxylation is 2. The largest absolute Gasteiger partial charge is 0.464 e. The van der Waals surface area contributed by atoms with E-state index >= 15 is 0 Å². The van der Waals surface area contributed by atoms with Crippen LogP contribution in [-0.4, -0.2) is 0 Å². The van der Waals surface area contributed by atoms with E-state index in [0.717, 1.165) is 22.1 Å². The van der Waals surface area contributed by atoms with Crippen molar-refractivity contribution in [2.24, 2.45) is 5.84 Å². The predicted octanol–water partition coefficient (Wildman–Crippen LogP) is 3.60. The van der Waals surface area contributed by atoms with Crippen LogP contribution in [0.1, 0.15) is 28.3 Å². The zero-order valence-electron chi connectivity index (χ0n) is 11.7. The van der Waals surface area contributed by atoms with E-state index in [0.29, 0.717) is 0 Å². The first-order chi connectivity index (χ1) is 9.70. The van der Waals surface area contributed by atoms with Crippen LogP contribution in [0.15, 0.2) is 53.1 Å². The number of rotatable bonds is 3. The summed E-state index contributed by atoms with van der Waals surface area (Å²) in [4.78, 5) is 0. The maximum atomic E-state index is 5.78. The fraction of sp³-hybridized carbons (Fsp3) is 0.176. The lowest BCUT2D eigenvalue weighted by Crippen LogP contribution is -2.28. The quantitative estimate of drug-likeness (QED) is 0.562. The van der Waals surface area contributed by atoms with Gasteiger partial charge >= 0.3 is 0 Å². The summed E-state index contributed by atoms with van der Waals surface area (Å²) in [6.07, 6.45) is 1.78. The van der Waals surface area contributed by atoms with Gasteiger partial charge in [-0.3, -0.25) is 5.84 Å². The molecule has 1 heterocycles. The highest BCUT2D eigenvalue weighted by molar-refractivity contribution is 5.81. The molecule has 0 radical (unpaired) electrons. The number of benzene rings is 2. The van der Waals surface area contributed by atoms with Gasteiger partial charge in [0.05, 0.1) is 12.3 Å². The minimum atomic E-state index is -0.0713. The second-order valence-electron chi connectivity index (χ2n) is 5.13. The summed E-state index contributed by atoms with van der Waals surface area (Å²) in [5.74, 6) is 5.78. The van der Waals surface area contributed by atoms with E-state index in [2.05, 4.69) is 43.5 Å². The molecule has 2 aromatic carbocycles. The third-order valence-corrected chi connectivity index (χ3v) is 3.85. The first-order valence-corrected chi connectivity index (χ1v) is 6.70. The normalized spacial score (nSPS) is 12.8. The topological polar surface area (TPSA) is 51.2 Å². The van der Waals surface area contributed by atoms with Crippen molar-refractivity contribution in [1.29, 1.82) is 0 Å². The van der Waals surface area contributed by atoms with Crippen molar-refractivity contribution in [2.45, 2.75) is 19.9 Å². The molecule has 3 N–H and O–H groups in total. The number of hydrazine groups is 1. The number of fused-ring (bicyclic) bond motifs is 1. The molecule has 0 fully saturated rings. The van der Waals surface area contributed by atoms with Crippen LogP contribution < -0.4 is 11.3 Å². The summed E-state index contributed by atoms with van der Waals surface area (Å²) in [5, 5.41) is 1.09. The number of para-hydroxylation sites is 1. The highest BCUT2D eigenvalue weighted by atomic mass is 16.3. The van der Waals surface area contributed by atoms with Crippen LogP contribution in [0.25, 0.3) is 11.0 Å². The third kappa shape index (κ3) is 2.11. The fourth-order valence-corrected chi connectivity index (χ4v) is 2.53. The molecule has 0 aliphatic rings. The third-order valence-electron chi connectivity index (χ3n) is 3.85. The van der Waals surface area contributed by atoms with Crippen LogP contribution in [0.5, 0.6) is 0 Å². The molecule has 0 spiro atoms. The Labute approximate surface area is 118 Å². The van der Waals surface area contributed by atoms with Gasteiger partial charge in [0.2, 0.25) is 0 Å². The summed E-state index contributed by atoms with van der Waals surface area (Å²) < 4.78 is 5.61. The summed E-state index contributed by atoms with van der Waals surface area (Å²) in [6, 6.07) is 14.3. The Balaban J connectivity index is 2.11. The molecular formula is C17H18N2O. The molecule has 0 saturated heterocycles. The van der Waals surface area contributed by atoms with Crippen molar-refractivity contribution in [3.05, 3.63) is 71.0 Å². The summed E-state index contributed by atoms with van der Waals surface area (Å²) in [7, 11) is 0. The molecule has 102 valence electrons. The van der Waals surface area contributed by atoms with Crippen molar-refractivity contribution in [2.75, 3.05) is 0 Å². The van der Waals surface area contributed by atoms with Crippen molar-refractivity contribution in [1.82, 2.24) is 5.43 Å². The fourth-order valence-electron chi connectivity index (χ4n) is 2.53. The Morgan fingerprint density at radius 2 is 1.85 bits per heavy atom. The molecule has 3 aromatic rings. The van der Waals surface area contributed by atoms with E-state index in [1.807, 2.05) is 18.2 Å². The Morgan fingerprint density at radius 1 is 1.05 bits per heavy atom. The van der Waals surface area contributed by atoms with Crippen LogP contribution in [0.4, 0.5) is 0 Å². The highest BCUT2D eigenvalue weighted by Gasteiger charge is 2.18. The van der Waals surface area contributed by atoms with Gasteiger partial charge in [0, 0.05) is 10.9 Å². The number of nitrogens with two attached hydrogens (primary N) is 1. The molecule has 1 unspecified atom stereocenters. The molecule has 0 saturated carbocycles. The van der Waals surface area contributed by atoms with E-state index in [9.17, 15) is 0 Å². The number of hydrogen-bond acceptors (Lipinski definition) is 3. The molecule has 1 aromatic heterocycles. The molecule has 0 aliphatic heterocycles. The first-order valence-electron chi connectivity index (χ1n) is 6.70. The summed E-state index contributed by atoms with van der Waals surface area (Å²) in [5.41, 5.74) is 8.52. The smallest absolute Gasteiger partial charge is 0.134 e. The van der Waals surface area contributed by atoms with E-state index in [1.165, 1.54) is 11.1 Å². The van der Waals surface area contributed by atoms with Gasteiger partial charge in [-0.1, -0.05) is 36.4 Å². The molecule has 0 bridgehead atoms. The Kier molecular flexibility index (Phi) is 3.30. The van der Waals surface area contributed by atoms with Crippen LogP contribution in [0, 0.1) is 13.8 Å². The van der Waals surface area contributed by atoms with Gasteiger partial charge in [-0.15, -0.1) is 0 Å².